The van der Waals surface area contributed by atoms with Crippen LogP contribution in [0.4, 0.5) is 0 Å². The van der Waals surface area contributed by atoms with Gasteiger partial charge in [-0.15, -0.1) is 11.3 Å². The number of hydrogen-bond acceptors (Lipinski definition) is 4. The van der Waals surface area contributed by atoms with Gasteiger partial charge in [0, 0.05) is 15.7 Å². The van der Waals surface area contributed by atoms with Crippen molar-refractivity contribution in [3.05, 3.63) is 85.5 Å². The third-order valence-electron chi connectivity index (χ3n) is 5.53. The smallest absolute Gasteiger partial charge is 0.267 e. The van der Waals surface area contributed by atoms with E-state index in [2.05, 4.69) is 6.92 Å². The van der Waals surface area contributed by atoms with Crippen LogP contribution in [0.3, 0.4) is 0 Å². The monoisotopic (exact) mass is 452 g/mol. The highest BCUT2D eigenvalue weighted by molar-refractivity contribution is 7.98. The van der Waals surface area contributed by atoms with Crippen LogP contribution in [0.15, 0.2) is 58.5 Å². The number of thioether (sulfide) groups is 1. The van der Waals surface area contributed by atoms with Gasteiger partial charge in [-0.25, -0.2) is 4.98 Å². The van der Waals surface area contributed by atoms with E-state index in [0.29, 0.717) is 0 Å². The molecule has 30 heavy (non-hydrogen) atoms. The minimum atomic E-state index is 0.0573. The lowest BCUT2D eigenvalue weighted by Crippen LogP contribution is -2.22. The average Bonchev–Trinajstić information content (AvgIpc) is 3.13. The summed E-state index contributed by atoms with van der Waals surface area (Å²) in [6.45, 7) is 2.06. The molecular formula is C24H21ClN2OS2. The largest absolute Gasteiger partial charge is 0.268 e. The molecule has 2 aromatic heterocycles. The van der Waals surface area contributed by atoms with Gasteiger partial charge in [0.1, 0.15) is 4.83 Å². The summed E-state index contributed by atoms with van der Waals surface area (Å²) in [4.78, 5) is 20.9. The molecule has 0 radical (unpaired) electrons. The number of hydrogen-bond donors (Lipinski definition) is 0. The van der Waals surface area contributed by atoms with Gasteiger partial charge in [-0.2, -0.15) is 0 Å². The van der Waals surface area contributed by atoms with Gasteiger partial charge in [0.15, 0.2) is 5.16 Å². The molecule has 0 N–H and O–H groups in total. The second-order valence-electron chi connectivity index (χ2n) is 7.68. The van der Waals surface area contributed by atoms with Gasteiger partial charge in [-0.05, 0) is 68.0 Å². The number of nitrogens with zero attached hydrogens (tertiary/aromatic N) is 2. The Morgan fingerprint density at radius 3 is 2.57 bits per heavy atom. The van der Waals surface area contributed by atoms with Crippen LogP contribution in [0.5, 0.6) is 0 Å². The Morgan fingerprint density at radius 1 is 1.07 bits per heavy atom. The molecule has 0 atom stereocenters. The van der Waals surface area contributed by atoms with Gasteiger partial charge in [0.05, 0.1) is 11.1 Å². The lowest BCUT2D eigenvalue weighted by Gasteiger charge is -2.14. The number of fused-ring (bicyclic) bond motifs is 3. The summed E-state index contributed by atoms with van der Waals surface area (Å²) >= 11 is 9.32. The van der Waals surface area contributed by atoms with Crippen molar-refractivity contribution < 1.29 is 0 Å². The Labute approximate surface area is 188 Å². The quantitative estimate of drug-likeness (QED) is 0.259. The molecule has 0 unspecified atom stereocenters. The molecule has 4 aromatic rings. The zero-order chi connectivity index (χ0) is 20.7. The molecule has 1 aliphatic rings. The second-order valence-corrected chi connectivity index (χ2v) is 10.1. The van der Waals surface area contributed by atoms with Crippen LogP contribution in [0.2, 0.25) is 5.02 Å². The maximum Gasteiger partial charge on any atom is 0.267 e. The number of halogens is 1. The third-order valence-corrected chi connectivity index (χ3v) is 7.98. The first kappa shape index (κ1) is 19.9. The SMILES string of the molecule is Cc1ccc(-n2c(SCc3ccc(Cl)cc3)nc3sc4c(c3c2=O)CCCC4)cc1. The Morgan fingerprint density at radius 2 is 1.80 bits per heavy atom. The van der Waals surface area contributed by atoms with Gasteiger partial charge >= 0.3 is 0 Å². The van der Waals surface area contributed by atoms with Gasteiger partial charge in [-0.3, -0.25) is 9.36 Å². The highest BCUT2D eigenvalue weighted by atomic mass is 35.5. The molecule has 0 fully saturated rings. The van der Waals surface area contributed by atoms with Crippen molar-refractivity contribution in [3.63, 3.8) is 0 Å². The second kappa shape index (κ2) is 8.22. The van der Waals surface area contributed by atoms with E-state index in [1.807, 2.05) is 48.5 Å². The Hall–Kier alpha value is -2.08. The number of thiophene rings is 1. The Bertz CT molecular complexity index is 1270. The van der Waals surface area contributed by atoms with E-state index < -0.39 is 0 Å². The third kappa shape index (κ3) is 3.70. The average molecular weight is 453 g/mol. The van der Waals surface area contributed by atoms with Gasteiger partial charge < -0.3 is 0 Å². The standard InChI is InChI=1S/C24H21ClN2OS2/c1-15-6-12-18(13-7-15)27-23(28)21-19-4-2-3-5-20(19)30-22(21)26-24(27)29-14-16-8-10-17(25)11-9-16/h6-13H,2-5,14H2,1H3. The minimum absolute atomic E-state index is 0.0573. The first-order valence-corrected chi connectivity index (χ1v) is 12.3. The van der Waals surface area contributed by atoms with Gasteiger partial charge in [-0.1, -0.05) is 53.2 Å². The summed E-state index contributed by atoms with van der Waals surface area (Å²) in [6.07, 6.45) is 4.39. The minimum Gasteiger partial charge on any atom is -0.268 e. The molecular weight excluding hydrogens is 432 g/mol. The van der Waals surface area contributed by atoms with E-state index >= 15 is 0 Å². The molecule has 3 nitrogen and oxygen atoms in total. The first-order valence-electron chi connectivity index (χ1n) is 10.1. The molecule has 5 rings (SSSR count). The summed E-state index contributed by atoms with van der Waals surface area (Å²) in [7, 11) is 0. The summed E-state index contributed by atoms with van der Waals surface area (Å²) < 4.78 is 1.80. The van der Waals surface area contributed by atoms with Crippen molar-refractivity contribution in [1.29, 1.82) is 0 Å². The number of aryl methyl sites for hydroxylation is 3. The molecule has 0 saturated heterocycles. The molecule has 2 heterocycles. The van der Waals surface area contributed by atoms with E-state index in [4.69, 9.17) is 16.6 Å². The molecule has 0 amide bonds. The maximum atomic E-state index is 13.7. The number of aromatic nitrogens is 2. The van der Waals surface area contributed by atoms with Gasteiger partial charge in [0.2, 0.25) is 0 Å². The topological polar surface area (TPSA) is 34.9 Å². The summed E-state index contributed by atoms with van der Waals surface area (Å²) in [5.74, 6) is 0.728. The maximum absolute atomic E-state index is 13.7. The molecule has 0 saturated carbocycles. The van der Waals surface area contributed by atoms with Crippen LogP contribution in [-0.2, 0) is 18.6 Å². The molecule has 1 aliphatic carbocycles. The van der Waals surface area contributed by atoms with E-state index in [9.17, 15) is 4.79 Å². The first-order chi connectivity index (χ1) is 14.6. The molecule has 0 spiro atoms. The van der Waals surface area contributed by atoms with Crippen LogP contribution in [-0.4, -0.2) is 9.55 Å². The van der Waals surface area contributed by atoms with Crippen LogP contribution in [0.25, 0.3) is 15.9 Å². The number of benzene rings is 2. The summed E-state index contributed by atoms with van der Waals surface area (Å²) in [5.41, 5.74) is 4.48. The van der Waals surface area contributed by atoms with Gasteiger partial charge in [0.25, 0.3) is 5.56 Å². The van der Waals surface area contributed by atoms with Crippen molar-refractivity contribution in [2.45, 2.75) is 43.5 Å². The van der Waals surface area contributed by atoms with Crippen molar-refractivity contribution in [2.24, 2.45) is 0 Å². The molecule has 0 bridgehead atoms. The van der Waals surface area contributed by atoms with Crippen molar-refractivity contribution in [3.8, 4) is 5.69 Å². The van der Waals surface area contributed by atoms with Crippen LogP contribution >= 0.6 is 34.7 Å². The zero-order valence-electron chi connectivity index (χ0n) is 16.7. The molecule has 152 valence electrons. The van der Waals surface area contributed by atoms with Crippen LogP contribution < -0.4 is 5.56 Å². The lowest BCUT2D eigenvalue weighted by molar-refractivity contribution is 0.699. The Balaban J connectivity index is 1.65. The van der Waals surface area contributed by atoms with Crippen LogP contribution in [0, 0.1) is 6.92 Å². The predicted molar refractivity (Wildman–Crippen MR) is 128 cm³/mol. The fourth-order valence-corrected chi connectivity index (χ4v) is 6.33. The van der Waals surface area contributed by atoms with E-state index in [0.717, 1.165) is 56.7 Å². The van der Waals surface area contributed by atoms with E-state index in [1.54, 1.807) is 27.7 Å². The summed E-state index contributed by atoms with van der Waals surface area (Å²) in [6, 6.07) is 15.9. The molecule has 6 heteroatoms. The highest BCUT2D eigenvalue weighted by Crippen LogP contribution is 2.35. The zero-order valence-corrected chi connectivity index (χ0v) is 19.0. The fraction of sp³-hybridized carbons (Fsp3) is 0.250. The molecule has 2 aromatic carbocycles. The van der Waals surface area contributed by atoms with Crippen molar-refractivity contribution in [1.82, 2.24) is 9.55 Å². The van der Waals surface area contributed by atoms with Crippen molar-refractivity contribution >= 4 is 44.9 Å². The van der Waals surface area contributed by atoms with E-state index in [1.165, 1.54) is 22.4 Å². The summed E-state index contributed by atoms with van der Waals surface area (Å²) in [5, 5.41) is 2.29. The fourth-order valence-electron chi connectivity index (χ4n) is 3.93. The lowest BCUT2D eigenvalue weighted by atomic mass is 9.97. The normalized spacial score (nSPS) is 13.5. The Kier molecular flexibility index (Phi) is 5.44. The van der Waals surface area contributed by atoms with Crippen molar-refractivity contribution in [2.75, 3.05) is 0 Å². The van der Waals surface area contributed by atoms with E-state index in [-0.39, 0.29) is 5.56 Å². The van der Waals surface area contributed by atoms with Crippen LogP contribution in [0.1, 0.15) is 34.4 Å². The predicted octanol–water partition coefficient (Wildman–Crippen LogP) is 6.58. The number of rotatable bonds is 4. The highest BCUT2D eigenvalue weighted by Gasteiger charge is 2.22. The molecule has 0 aliphatic heterocycles.